The Bertz CT molecular complexity index is 281. The van der Waals surface area contributed by atoms with Crippen LogP contribution in [0.4, 0.5) is 0 Å². The van der Waals surface area contributed by atoms with Crippen LogP contribution in [0.5, 0.6) is 0 Å². The first-order valence-corrected chi connectivity index (χ1v) is 4.30. The average molecular weight is 183 g/mol. The molecule has 72 valence electrons. The molecule has 1 heterocycles. The van der Waals surface area contributed by atoms with E-state index in [2.05, 4.69) is 5.32 Å². The Morgan fingerprint density at radius 1 is 1.69 bits per heavy atom. The predicted molar refractivity (Wildman–Crippen MR) is 47.1 cm³/mol. The number of carbonyl (C=O) groups is 2. The van der Waals surface area contributed by atoms with Crippen LogP contribution in [0.3, 0.4) is 0 Å². The van der Waals surface area contributed by atoms with E-state index in [1.807, 2.05) is 6.92 Å². The molecule has 0 saturated carbocycles. The highest BCUT2D eigenvalue weighted by atomic mass is 16.3. The zero-order chi connectivity index (χ0) is 10.0. The Labute approximate surface area is 76.6 Å². The van der Waals surface area contributed by atoms with Gasteiger partial charge in [0.05, 0.1) is 0 Å². The molecule has 0 aromatic carbocycles. The third kappa shape index (κ3) is 1.71. The highest BCUT2D eigenvalue weighted by molar-refractivity contribution is 6.19. The summed E-state index contributed by atoms with van der Waals surface area (Å²) in [5.41, 5.74) is -0.0851. The molecule has 1 atom stereocenters. The molecule has 0 aromatic rings. The summed E-state index contributed by atoms with van der Waals surface area (Å²) in [6, 6.07) is 0. The van der Waals surface area contributed by atoms with E-state index in [1.165, 1.54) is 6.92 Å². The smallest absolute Gasteiger partial charge is 0.258 e. The van der Waals surface area contributed by atoms with Crippen LogP contribution in [-0.2, 0) is 9.59 Å². The number of ketones is 1. The number of carbonyl (C=O) groups excluding carboxylic acids is 2. The fourth-order valence-electron chi connectivity index (χ4n) is 1.40. The minimum Gasteiger partial charge on any atom is -0.511 e. The zero-order valence-electron chi connectivity index (χ0n) is 7.76. The van der Waals surface area contributed by atoms with Gasteiger partial charge >= 0.3 is 0 Å². The fraction of sp³-hybridized carbons (Fsp3) is 0.556. The van der Waals surface area contributed by atoms with Crippen LogP contribution < -0.4 is 5.32 Å². The Balaban J connectivity index is 3.07. The van der Waals surface area contributed by atoms with Crippen molar-refractivity contribution in [3.05, 3.63) is 11.3 Å². The first-order valence-electron chi connectivity index (χ1n) is 4.30. The van der Waals surface area contributed by atoms with E-state index < -0.39 is 5.91 Å². The molecule has 0 aromatic heterocycles. The minimum absolute atomic E-state index is 0.0567. The first-order chi connectivity index (χ1) is 6.07. The summed E-state index contributed by atoms with van der Waals surface area (Å²) in [4.78, 5) is 22.2. The molecule has 0 spiro atoms. The summed E-state index contributed by atoms with van der Waals surface area (Å²) in [6.45, 7) is 3.59. The Kier molecular flexibility index (Phi) is 2.70. The molecule has 0 radical (unpaired) electrons. The van der Waals surface area contributed by atoms with Gasteiger partial charge in [-0.2, -0.15) is 0 Å². The SMILES string of the molecule is CCC1CNC(=O)C(C(C)=O)=C1O. The minimum atomic E-state index is -0.463. The van der Waals surface area contributed by atoms with Gasteiger partial charge in [-0.15, -0.1) is 0 Å². The highest BCUT2D eigenvalue weighted by Gasteiger charge is 2.29. The quantitative estimate of drug-likeness (QED) is 0.614. The maximum atomic E-state index is 11.2. The van der Waals surface area contributed by atoms with Crippen molar-refractivity contribution in [2.24, 2.45) is 5.92 Å². The molecule has 1 aliphatic heterocycles. The van der Waals surface area contributed by atoms with Crippen molar-refractivity contribution in [2.45, 2.75) is 20.3 Å². The van der Waals surface area contributed by atoms with Gasteiger partial charge in [0.2, 0.25) is 0 Å². The van der Waals surface area contributed by atoms with Crippen molar-refractivity contribution in [3.63, 3.8) is 0 Å². The zero-order valence-corrected chi connectivity index (χ0v) is 7.76. The van der Waals surface area contributed by atoms with E-state index >= 15 is 0 Å². The lowest BCUT2D eigenvalue weighted by Gasteiger charge is -2.22. The van der Waals surface area contributed by atoms with Gasteiger partial charge in [-0.05, 0) is 13.3 Å². The predicted octanol–water partition coefficient (Wildman–Crippen LogP) is 0.544. The molecule has 4 heteroatoms. The molecule has 1 unspecified atom stereocenters. The van der Waals surface area contributed by atoms with Gasteiger partial charge in [-0.1, -0.05) is 6.92 Å². The number of aliphatic hydroxyl groups is 1. The second-order valence-corrected chi connectivity index (χ2v) is 3.13. The molecule has 0 saturated heterocycles. The maximum absolute atomic E-state index is 11.2. The van der Waals surface area contributed by atoms with E-state index in [1.54, 1.807) is 0 Å². The second kappa shape index (κ2) is 3.60. The highest BCUT2D eigenvalue weighted by Crippen LogP contribution is 2.20. The van der Waals surface area contributed by atoms with E-state index in [0.717, 1.165) is 0 Å². The largest absolute Gasteiger partial charge is 0.511 e. The summed E-state index contributed by atoms with van der Waals surface area (Å²) in [6.07, 6.45) is 0.711. The van der Waals surface area contributed by atoms with Gasteiger partial charge in [0.1, 0.15) is 11.3 Å². The van der Waals surface area contributed by atoms with Gasteiger partial charge in [0.25, 0.3) is 5.91 Å². The van der Waals surface area contributed by atoms with Crippen molar-refractivity contribution in [1.29, 1.82) is 0 Å². The summed E-state index contributed by atoms with van der Waals surface area (Å²) in [5, 5.41) is 12.1. The topological polar surface area (TPSA) is 66.4 Å². The van der Waals surface area contributed by atoms with Crippen LogP contribution in [0, 0.1) is 5.92 Å². The number of Topliss-reactive ketones (excluding diaryl/α,β-unsaturated/α-hetero) is 1. The Morgan fingerprint density at radius 3 is 2.77 bits per heavy atom. The third-order valence-corrected chi connectivity index (χ3v) is 2.22. The van der Waals surface area contributed by atoms with E-state index in [4.69, 9.17) is 0 Å². The molecule has 1 aliphatic rings. The molecule has 4 nitrogen and oxygen atoms in total. The number of nitrogens with one attached hydrogen (secondary N) is 1. The van der Waals surface area contributed by atoms with Crippen LogP contribution >= 0.6 is 0 Å². The van der Waals surface area contributed by atoms with Gasteiger partial charge in [0.15, 0.2) is 5.78 Å². The number of hydrogen-bond donors (Lipinski definition) is 2. The van der Waals surface area contributed by atoms with Crippen LogP contribution in [-0.4, -0.2) is 23.3 Å². The molecule has 0 bridgehead atoms. The molecule has 0 aliphatic carbocycles. The Hall–Kier alpha value is -1.32. The first kappa shape index (κ1) is 9.77. The maximum Gasteiger partial charge on any atom is 0.258 e. The Morgan fingerprint density at radius 2 is 2.31 bits per heavy atom. The average Bonchev–Trinajstić information content (AvgIpc) is 2.04. The van der Waals surface area contributed by atoms with Crippen molar-refractivity contribution in [2.75, 3.05) is 6.54 Å². The standard InChI is InChI=1S/C9H13NO3/c1-3-6-4-10-9(13)7(5(2)11)8(6)12/h6,12H,3-4H2,1-2H3,(H,10,13). The van der Waals surface area contributed by atoms with E-state index in [0.29, 0.717) is 13.0 Å². The lowest BCUT2D eigenvalue weighted by molar-refractivity contribution is -0.122. The number of hydrogen-bond acceptors (Lipinski definition) is 3. The molecular weight excluding hydrogens is 170 g/mol. The summed E-state index contributed by atoms with van der Waals surface area (Å²) >= 11 is 0. The molecule has 2 N–H and O–H groups in total. The summed E-state index contributed by atoms with van der Waals surface area (Å²) in [7, 11) is 0. The lowest BCUT2D eigenvalue weighted by atomic mass is 9.94. The molecule has 0 fully saturated rings. The van der Waals surface area contributed by atoms with Crippen molar-refractivity contribution >= 4 is 11.7 Å². The monoisotopic (exact) mass is 183 g/mol. The number of aliphatic hydroxyl groups excluding tert-OH is 1. The van der Waals surface area contributed by atoms with Crippen LogP contribution in [0.25, 0.3) is 0 Å². The third-order valence-electron chi connectivity index (χ3n) is 2.22. The summed E-state index contributed by atoms with van der Waals surface area (Å²) in [5.74, 6) is -1.02. The van der Waals surface area contributed by atoms with Crippen molar-refractivity contribution < 1.29 is 14.7 Å². The molecule has 1 rings (SSSR count). The van der Waals surface area contributed by atoms with Crippen molar-refractivity contribution in [1.82, 2.24) is 5.32 Å². The van der Waals surface area contributed by atoms with E-state index in [9.17, 15) is 14.7 Å². The van der Waals surface area contributed by atoms with Crippen LogP contribution in [0.2, 0.25) is 0 Å². The number of amides is 1. The molecular formula is C9H13NO3. The molecule has 13 heavy (non-hydrogen) atoms. The normalized spacial score (nSPS) is 22.9. The van der Waals surface area contributed by atoms with Crippen molar-refractivity contribution in [3.8, 4) is 0 Å². The van der Waals surface area contributed by atoms with Gasteiger partial charge in [-0.25, -0.2) is 0 Å². The number of rotatable bonds is 2. The fourth-order valence-corrected chi connectivity index (χ4v) is 1.40. The molecule has 1 amide bonds. The van der Waals surface area contributed by atoms with Crippen LogP contribution in [0.1, 0.15) is 20.3 Å². The van der Waals surface area contributed by atoms with Gasteiger partial charge < -0.3 is 10.4 Å². The lowest BCUT2D eigenvalue weighted by Crippen LogP contribution is -2.39. The van der Waals surface area contributed by atoms with Crippen LogP contribution in [0.15, 0.2) is 11.3 Å². The van der Waals surface area contributed by atoms with Gasteiger partial charge in [-0.3, -0.25) is 9.59 Å². The van der Waals surface area contributed by atoms with Gasteiger partial charge in [0, 0.05) is 12.5 Å². The summed E-state index contributed by atoms with van der Waals surface area (Å²) < 4.78 is 0. The second-order valence-electron chi connectivity index (χ2n) is 3.13. The van der Waals surface area contributed by atoms with E-state index in [-0.39, 0.29) is 23.0 Å².